The van der Waals surface area contributed by atoms with Gasteiger partial charge in [-0.15, -0.1) is 0 Å². The van der Waals surface area contributed by atoms with E-state index in [0.29, 0.717) is 28.3 Å². The van der Waals surface area contributed by atoms with Gasteiger partial charge in [-0.2, -0.15) is 4.98 Å². The van der Waals surface area contributed by atoms with Gasteiger partial charge in [0.15, 0.2) is 0 Å². The third kappa shape index (κ3) is 6.08. The number of carbonyl (C=O) groups excluding carboxylic acids is 4. The fourth-order valence-corrected chi connectivity index (χ4v) is 11.5. The molecule has 57 heavy (non-hydrogen) atoms. The number of aromatic nitrogens is 2. The molecule has 0 radical (unpaired) electrons. The van der Waals surface area contributed by atoms with Gasteiger partial charge in [0.05, 0.1) is 33.1 Å². The zero-order valence-electron chi connectivity index (χ0n) is 32.1. The number of carbonyl (C=O) groups is 4. The highest BCUT2D eigenvalue weighted by Crippen LogP contribution is 2.52. The Labute approximate surface area is 339 Å². The van der Waals surface area contributed by atoms with Gasteiger partial charge < -0.3 is 9.80 Å². The van der Waals surface area contributed by atoms with Crippen LogP contribution in [0.3, 0.4) is 0 Å². The Bertz CT molecular complexity index is 2410. The first-order valence-corrected chi connectivity index (χ1v) is 21.7. The van der Waals surface area contributed by atoms with Crippen molar-refractivity contribution in [3.8, 4) is 5.69 Å². The third-order valence-corrected chi connectivity index (χ3v) is 14.8. The molecule has 11 nitrogen and oxygen atoms in total. The predicted molar refractivity (Wildman–Crippen MR) is 220 cm³/mol. The Morgan fingerprint density at radius 3 is 2.35 bits per heavy atom. The molecular weight excluding hydrogens is 784 g/mol. The number of hydrogen-bond donors (Lipinski definition) is 1. The van der Waals surface area contributed by atoms with E-state index in [-0.39, 0.29) is 29.7 Å². The van der Waals surface area contributed by atoms with Crippen molar-refractivity contribution in [1.82, 2.24) is 24.7 Å². The molecule has 4 fully saturated rings. The average Bonchev–Trinajstić information content (AvgIpc) is 3.63. The highest BCUT2D eigenvalue weighted by Gasteiger charge is 2.47. The second-order valence-corrected chi connectivity index (χ2v) is 18.0. The highest BCUT2D eigenvalue weighted by molar-refractivity contribution is 9.10. The van der Waals surface area contributed by atoms with E-state index in [2.05, 4.69) is 59.9 Å². The van der Waals surface area contributed by atoms with Crippen molar-refractivity contribution in [2.24, 2.45) is 5.92 Å². The number of imide groups is 2. The number of rotatable bonds is 6. The summed E-state index contributed by atoms with van der Waals surface area (Å²) in [5.41, 5.74) is 6.13. The monoisotopic (exact) mass is 830 g/mol. The third-order valence-electron chi connectivity index (χ3n) is 14.1. The van der Waals surface area contributed by atoms with Crippen molar-refractivity contribution in [1.29, 1.82) is 0 Å². The summed E-state index contributed by atoms with van der Waals surface area (Å²) >= 11 is 3.65. The van der Waals surface area contributed by atoms with Gasteiger partial charge in [0, 0.05) is 29.7 Å². The van der Waals surface area contributed by atoms with E-state index in [9.17, 15) is 24.0 Å². The number of anilines is 1. The number of amides is 4. The Hall–Kier alpha value is -4.68. The number of hydrogen-bond acceptors (Lipinski definition) is 8. The number of nitrogens with one attached hydrogen (secondary N) is 1. The second-order valence-electron chi connectivity index (χ2n) is 17.1. The van der Waals surface area contributed by atoms with Crippen molar-refractivity contribution in [3.63, 3.8) is 0 Å². The van der Waals surface area contributed by atoms with Gasteiger partial charge >= 0.3 is 0 Å². The maximum absolute atomic E-state index is 13.4. The Morgan fingerprint density at radius 2 is 1.58 bits per heavy atom. The van der Waals surface area contributed by atoms with E-state index >= 15 is 0 Å². The van der Waals surface area contributed by atoms with Crippen LogP contribution in [0.25, 0.3) is 16.6 Å². The maximum atomic E-state index is 13.4. The molecule has 1 aliphatic carbocycles. The van der Waals surface area contributed by atoms with E-state index in [1.807, 2.05) is 18.2 Å². The van der Waals surface area contributed by atoms with E-state index in [1.165, 1.54) is 29.7 Å². The zero-order chi connectivity index (χ0) is 39.0. The molecule has 294 valence electrons. The fraction of sp³-hybridized carbons (Fsp3) is 0.467. The number of likely N-dealkylation sites (tertiary alicyclic amines) is 1. The molecule has 0 bridgehead atoms. The van der Waals surface area contributed by atoms with Crippen LogP contribution in [-0.2, 0) is 15.0 Å². The fourth-order valence-electron chi connectivity index (χ4n) is 10.9. The standard InChI is InChI=1S/C45H47BrN6O5/c46-34-5-4-6-35-39(34)41(55)48-44-45(18-2-1-3-19-45)33-10-7-29(25-37(33)51(35)44)28-16-21-49(22-17-28)20-13-27-14-23-50(24-15-27)30-8-9-31-32(26-30)43(57)52(42(31)56)36-11-12-38(53)47-40(36)54/h4-10,25-28,36H,1-3,11-24H2,(H,47,53,54). The molecule has 3 saturated heterocycles. The Balaban J connectivity index is 0.763. The quantitative estimate of drug-likeness (QED) is 0.216. The van der Waals surface area contributed by atoms with E-state index in [4.69, 9.17) is 4.98 Å². The molecule has 4 amide bonds. The van der Waals surface area contributed by atoms with Crippen LogP contribution in [-0.4, -0.2) is 81.7 Å². The molecule has 6 heterocycles. The second kappa shape index (κ2) is 14.3. The lowest BCUT2D eigenvalue weighted by Gasteiger charge is -2.36. The molecule has 1 aromatic heterocycles. The van der Waals surface area contributed by atoms with E-state index in [1.54, 1.807) is 12.1 Å². The lowest BCUT2D eigenvalue weighted by atomic mass is 9.69. The molecule has 1 saturated carbocycles. The van der Waals surface area contributed by atoms with Crippen LogP contribution < -0.4 is 15.8 Å². The Kier molecular flexibility index (Phi) is 9.20. The minimum Gasteiger partial charge on any atom is -0.371 e. The summed E-state index contributed by atoms with van der Waals surface area (Å²) in [6, 6.07) is 17.7. The van der Waals surface area contributed by atoms with Crippen LogP contribution in [0.2, 0.25) is 0 Å². The molecule has 4 aromatic rings. The van der Waals surface area contributed by atoms with Crippen molar-refractivity contribution in [2.75, 3.05) is 37.6 Å². The van der Waals surface area contributed by atoms with Gasteiger partial charge in [-0.3, -0.25) is 38.8 Å². The summed E-state index contributed by atoms with van der Waals surface area (Å²) in [6.07, 6.45) is 11.4. The first-order valence-electron chi connectivity index (χ1n) is 20.9. The SMILES string of the molecule is O=C1CCC(N2C(=O)c3ccc(N4CCC(CCN5CCC(c6ccc7c(c6)-n6c(nc(=O)c8c(Br)cccc86)C76CCCCC6)CC5)CC4)cc3C2=O)C(=O)N1. The van der Waals surface area contributed by atoms with Crippen molar-refractivity contribution in [3.05, 3.63) is 97.5 Å². The summed E-state index contributed by atoms with van der Waals surface area (Å²) in [5.74, 6) is 0.167. The van der Waals surface area contributed by atoms with Crippen LogP contribution in [0, 0.1) is 5.92 Å². The first kappa shape index (κ1) is 36.6. The zero-order valence-corrected chi connectivity index (χ0v) is 33.7. The summed E-state index contributed by atoms with van der Waals surface area (Å²) in [7, 11) is 0. The normalized spacial score (nSPS) is 22.6. The molecule has 6 aliphatic rings. The summed E-state index contributed by atoms with van der Waals surface area (Å²) < 4.78 is 3.11. The lowest BCUT2D eigenvalue weighted by Crippen LogP contribution is -2.54. The molecule has 5 aliphatic heterocycles. The van der Waals surface area contributed by atoms with Crippen molar-refractivity contribution < 1.29 is 19.2 Å². The molecular formula is C45H47BrN6O5. The van der Waals surface area contributed by atoms with Crippen LogP contribution in [0.15, 0.2) is 63.9 Å². The van der Waals surface area contributed by atoms with Gasteiger partial charge in [-0.05, 0) is 146 Å². The molecule has 1 spiro atoms. The highest BCUT2D eigenvalue weighted by atomic mass is 79.9. The number of halogens is 1. The van der Waals surface area contributed by atoms with E-state index < -0.39 is 23.8 Å². The van der Waals surface area contributed by atoms with Crippen LogP contribution in [0.1, 0.15) is 121 Å². The molecule has 10 rings (SSSR count). The number of benzene rings is 3. The van der Waals surface area contributed by atoms with Crippen LogP contribution in [0.4, 0.5) is 5.69 Å². The summed E-state index contributed by atoms with van der Waals surface area (Å²) in [6.45, 7) is 5.06. The van der Waals surface area contributed by atoms with Gasteiger partial charge in [-0.1, -0.05) is 37.5 Å². The van der Waals surface area contributed by atoms with Crippen LogP contribution in [0.5, 0.6) is 0 Å². The van der Waals surface area contributed by atoms with Crippen LogP contribution >= 0.6 is 15.9 Å². The van der Waals surface area contributed by atoms with E-state index in [0.717, 1.165) is 110 Å². The number of nitrogens with zero attached hydrogens (tertiary/aromatic N) is 5. The summed E-state index contributed by atoms with van der Waals surface area (Å²) in [5, 5.41) is 2.92. The van der Waals surface area contributed by atoms with Gasteiger partial charge in [0.1, 0.15) is 11.9 Å². The number of fused-ring (bicyclic) bond motifs is 8. The maximum Gasteiger partial charge on any atom is 0.281 e. The van der Waals surface area contributed by atoms with Crippen molar-refractivity contribution >= 4 is 56.1 Å². The predicted octanol–water partition coefficient (Wildman–Crippen LogP) is 6.60. The lowest BCUT2D eigenvalue weighted by molar-refractivity contribution is -0.136. The molecule has 1 N–H and O–H groups in total. The molecule has 3 aromatic carbocycles. The summed E-state index contributed by atoms with van der Waals surface area (Å²) in [4.78, 5) is 74.9. The Morgan fingerprint density at radius 1 is 0.807 bits per heavy atom. The van der Waals surface area contributed by atoms with Gasteiger partial charge in [0.2, 0.25) is 11.8 Å². The smallest absolute Gasteiger partial charge is 0.281 e. The molecule has 12 heteroatoms. The van der Waals surface area contributed by atoms with Gasteiger partial charge in [-0.25, -0.2) is 0 Å². The largest absolute Gasteiger partial charge is 0.371 e. The average molecular weight is 832 g/mol. The molecule has 1 unspecified atom stereocenters. The van der Waals surface area contributed by atoms with Gasteiger partial charge in [0.25, 0.3) is 17.4 Å². The number of piperidine rings is 3. The first-order chi connectivity index (χ1) is 27.7. The molecule has 1 atom stereocenters. The minimum atomic E-state index is -0.956. The van der Waals surface area contributed by atoms with Crippen molar-refractivity contribution in [2.45, 2.75) is 94.4 Å². The minimum absolute atomic E-state index is 0.105. The topological polar surface area (TPSA) is 125 Å².